The molecule has 24 heavy (non-hydrogen) atoms. The normalized spacial score (nSPS) is 11.9. The van der Waals surface area contributed by atoms with E-state index in [1.165, 1.54) is 30.0 Å². The smallest absolute Gasteiger partial charge is 0.244 e. The highest BCUT2D eigenvalue weighted by Gasteiger charge is 2.18. The van der Waals surface area contributed by atoms with Crippen molar-refractivity contribution in [1.82, 2.24) is 0 Å². The summed E-state index contributed by atoms with van der Waals surface area (Å²) in [5.74, 6) is -0.0934. The topological polar surface area (TPSA) is 67.9 Å². The molecule has 0 bridgehead atoms. The van der Waals surface area contributed by atoms with Gasteiger partial charge in [0.05, 0.1) is 0 Å². The first-order valence-corrected chi connectivity index (χ1v) is 7.26. The first-order valence-electron chi connectivity index (χ1n) is 7.26. The molecule has 7 heteroatoms. The zero-order chi connectivity index (χ0) is 17.1. The van der Waals surface area contributed by atoms with Crippen LogP contribution in [0.1, 0.15) is 6.92 Å². The summed E-state index contributed by atoms with van der Waals surface area (Å²) in [6, 6.07) is 10.5. The lowest BCUT2D eigenvalue weighted by Crippen LogP contribution is -2.36. The van der Waals surface area contributed by atoms with E-state index in [-0.39, 0.29) is 19.2 Å². The number of halogens is 1. The van der Waals surface area contributed by atoms with Gasteiger partial charge in [-0.2, -0.15) is 0 Å². The third-order valence-electron chi connectivity index (χ3n) is 3.46. The molecule has 124 valence electrons. The molecule has 1 aliphatic heterocycles. The molecular weight excluding hydrogens is 315 g/mol. The highest BCUT2D eigenvalue weighted by molar-refractivity contribution is 6.01. The Labute approximate surface area is 137 Å². The van der Waals surface area contributed by atoms with Crippen molar-refractivity contribution in [1.29, 1.82) is 0 Å². The van der Waals surface area contributed by atoms with E-state index < -0.39 is 11.7 Å². The molecule has 0 saturated carbocycles. The fourth-order valence-electron chi connectivity index (χ4n) is 2.35. The Morgan fingerprint density at radius 3 is 2.71 bits per heavy atom. The van der Waals surface area contributed by atoms with Gasteiger partial charge >= 0.3 is 0 Å². The Morgan fingerprint density at radius 1 is 1.17 bits per heavy atom. The van der Waals surface area contributed by atoms with Crippen molar-refractivity contribution in [3.8, 4) is 11.5 Å². The molecule has 6 nitrogen and oxygen atoms in total. The minimum Gasteiger partial charge on any atom is -0.454 e. The summed E-state index contributed by atoms with van der Waals surface area (Å²) in [7, 11) is 0. The van der Waals surface area contributed by atoms with Gasteiger partial charge in [-0.1, -0.05) is 6.07 Å². The molecule has 0 saturated heterocycles. The Hall–Kier alpha value is -3.09. The van der Waals surface area contributed by atoms with Gasteiger partial charge in [0.2, 0.25) is 18.6 Å². The van der Waals surface area contributed by atoms with Crippen LogP contribution in [-0.4, -0.2) is 25.2 Å². The summed E-state index contributed by atoms with van der Waals surface area (Å²) in [4.78, 5) is 25.2. The molecule has 0 aromatic heterocycles. The lowest BCUT2D eigenvalue weighted by molar-refractivity contribution is -0.120. The number of rotatable bonds is 4. The maximum absolute atomic E-state index is 13.3. The lowest BCUT2D eigenvalue weighted by Gasteiger charge is -2.20. The van der Waals surface area contributed by atoms with Crippen LogP contribution < -0.4 is 19.7 Å². The first kappa shape index (κ1) is 15.8. The molecule has 2 amide bonds. The van der Waals surface area contributed by atoms with Crippen LogP contribution in [0.25, 0.3) is 0 Å². The summed E-state index contributed by atoms with van der Waals surface area (Å²) in [6.07, 6.45) is 0. The number of anilines is 2. The van der Waals surface area contributed by atoms with E-state index in [1.54, 1.807) is 24.3 Å². The summed E-state index contributed by atoms with van der Waals surface area (Å²) in [6.45, 7) is 1.23. The van der Waals surface area contributed by atoms with Crippen LogP contribution in [0.15, 0.2) is 42.5 Å². The molecule has 0 unspecified atom stereocenters. The second-order valence-corrected chi connectivity index (χ2v) is 5.20. The highest BCUT2D eigenvalue weighted by Crippen LogP contribution is 2.34. The van der Waals surface area contributed by atoms with Crippen molar-refractivity contribution >= 4 is 23.2 Å². The number of ether oxygens (including phenoxy) is 2. The second-order valence-electron chi connectivity index (χ2n) is 5.20. The summed E-state index contributed by atoms with van der Waals surface area (Å²) in [5, 5.41) is 2.68. The van der Waals surface area contributed by atoms with Gasteiger partial charge in [0.15, 0.2) is 11.5 Å². The van der Waals surface area contributed by atoms with Crippen LogP contribution in [0.3, 0.4) is 0 Å². The lowest BCUT2D eigenvalue weighted by atomic mass is 10.2. The van der Waals surface area contributed by atoms with Gasteiger partial charge in [-0.3, -0.25) is 9.59 Å². The number of nitrogens with zero attached hydrogens (tertiary/aromatic N) is 1. The van der Waals surface area contributed by atoms with Crippen LogP contribution in [-0.2, 0) is 9.59 Å². The van der Waals surface area contributed by atoms with Crippen molar-refractivity contribution in [3.05, 3.63) is 48.3 Å². The number of carbonyl (C=O) groups is 2. The molecular formula is C17H15FN2O4. The van der Waals surface area contributed by atoms with Gasteiger partial charge in [0, 0.05) is 24.4 Å². The summed E-state index contributed by atoms with van der Waals surface area (Å²) < 4.78 is 23.8. The maximum atomic E-state index is 13.3. The van der Waals surface area contributed by atoms with E-state index in [4.69, 9.17) is 9.47 Å². The van der Waals surface area contributed by atoms with Crippen molar-refractivity contribution < 1.29 is 23.5 Å². The largest absolute Gasteiger partial charge is 0.454 e. The zero-order valence-electron chi connectivity index (χ0n) is 12.9. The Morgan fingerprint density at radius 2 is 1.96 bits per heavy atom. The number of amides is 2. The van der Waals surface area contributed by atoms with Crippen molar-refractivity contribution in [2.75, 3.05) is 23.6 Å². The quantitative estimate of drug-likeness (QED) is 0.935. The van der Waals surface area contributed by atoms with E-state index >= 15 is 0 Å². The van der Waals surface area contributed by atoms with E-state index in [1.807, 2.05) is 0 Å². The van der Waals surface area contributed by atoms with Crippen LogP contribution >= 0.6 is 0 Å². The number of hydrogen-bond acceptors (Lipinski definition) is 4. The number of nitrogens with one attached hydrogen (secondary N) is 1. The monoisotopic (exact) mass is 330 g/mol. The molecule has 1 aliphatic rings. The SMILES string of the molecule is CC(=O)N(CC(=O)Nc1ccc2c(c1)OCO2)c1cccc(F)c1. The molecule has 0 spiro atoms. The Bertz CT molecular complexity index is 794. The third-order valence-corrected chi connectivity index (χ3v) is 3.46. The van der Waals surface area contributed by atoms with Crippen molar-refractivity contribution in [2.24, 2.45) is 0 Å². The van der Waals surface area contributed by atoms with E-state index in [0.29, 0.717) is 22.9 Å². The fourth-order valence-corrected chi connectivity index (χ4v) is 2.35. The fraction of sp³-hybridized carbons (Fsp3) is 0.176. The molecule has 1 N–H and O–H groups in total. The Kier molecular flexibility index (Phi) is 4.33. The maximum Gasteiger partial charge on any atom is 0.244 e. The van der Waals surface area contributed by atoms with E-state index in [0.717, 1.165) is 0 Å². The van der Waals surface area contributed by atoms with Gasteiger partial charge in [-0.15, -0.1) is 0 Å². The molecule has 0 atom stereocenters. The molecule has 0 fully saturated rings. The number of hydrogen-bond donors (Lipinski definition) is 1. The zero-order valence-corrected chi connectivity index (χ0v) is 12.9. The minimum atomic E-state index is -0.477. The van der Waals surface area contributed by atoms with Crippen molar-refractivity contribution in [3.63, 3.8) is 0 Å². The predicted molar refractivity (Wildman–Crippen MR) is 85.6 cm³/mol. The Balaban J connectivity index is 1.71. The van der Waals surface area contributed by atoms with Crippen LogP contribution in [0.4, 0.5) is 15.8 Å². The minimum absolute atomic E-state index is 0.143. The van der Waals surface area contributed by atoms with Gasteiger partial charge < -0.3 is 19.7 Å². The molecule has 0 aliphatic carbocycles. The standard InChI is InChI=1S/C17H15FN2O4/c1-11(21)20(14-4-2-3-12(18)7-14)9-17(22)19-13-5-6-15-16(8-13)24-10-23-15/h2-8H,9-10H2,1H3,(H,19,22). The average Bonchev–Trinajstić information content (AvgIpc) is 3.00. The third kappa shape index (κ3) is 3.45. The molecule has 1 heterocycles. The number of fused-ring (bicyclic) bond motifs is 1. The summed E-state index contributed by atoms with van der Waals surface area (Å²) >= 11 is 0. The average molecular weight is 330 g/mol. The second kappa shape index (κ2) is 6.57. The molecule has 3 rings (SSSR count). The van der Waals surface area contributed by atoms with E-state index in [2.05, 4.69) is 5.32 Å². The van der Waals surface area contributed by atoms with Crippen molar-refractivity contribution in [2.45, 2.75) is 6.92 Å². The van der Waals surface area contributed by atoms with Gasteiger partial charge in [-0.05, 0) is 30.3 Å². The molecule has 0 radical (unpaired) electrons. The summed E-state index contributed by atoms with van der Waals surface area (Å²) in [5.41, 5.74) is 0.843. The molecule has 2 aromatic carbocycles. The number of carbonyl (C=O) groups excluding carboxylic acids is 2. The van der Waals surface area contributed by atoms with Gasteiger partial charge in [0.25, 0.3) is 0 Å². The number of benzene rings is 2. The highest BCUT2D eigenvalue weighted by atomic mass is 19.1. The van der Waals surface area contributed by atoms with Crippen LogP contribution in [0.5, 0.6) is 11.5 Å². The van der Waals surface area contributed by atoms with Gasteiger partial charge in [-0.25, -0.2) is 4.39 Å². The van der Waals surface area contributed by atoms with Crippen LogP contribution in [0.2, 0.25) is 0 Å². The van der Waals surface area contributed by atoms with E-state index in [9.17, 15) is 14.0 Å². The first-order chi connectivity index (χ1) is 11.5. The predicted octanol–water partition coefficient (Wildman–Crippen LogP) is 2.55. The molecule has 2 aromatic rings. The van der Waals surface area contributed by atoms with Gasteiger partial charge in [0.1, 0.15) is 12.4 Å². The van der Waals surface area contributed by atoms with Crippen LogP contribution in [0, 0.1) is 5.82 Å².